The van der Waals surface area contributed by atoms with Crippen molar-refractivity contribution >= 4 is 23.3 Å². The number of ketones is 1. The Morgan fingerprint density at radius 3 is 2.41 bits per heavy atom. The second kappa shape index (κ2) is 7.52. The van der Waals surface area contributed by atoms with Crippen LogP contribution in [0.5, 0.6) is 5.75 Å². The van der Waals surface area contributed by atoms with Gasteiger partial charge in [0.15, 0.2) is 0 Å². The number of carbonyl (C=O) groups is 2. The summed E-state index contributed by atoms with van der Waals surface area (Å²) in [6, 6.07) is 7.09. The highest BCUT2D eigenvalue weighted by Gasteiger charge is 2.49. The number of benzene rings is 1. The Morgan fingerprint density at radius 1 is 1.16 bits per heavy atom. The average Bonchev–Trinajstić information content (AvgIpc) is 3.12. The Morgan fingerprint density at radius 2 is 1.81 bits per heavy atom. The van der Waals surface area contributed by atoms with E-state index >= 15 is 0 Å². The van der Waals surface area contributed by atoms with Crippen LogP contribution in [0.25, 0.3) is 0 Å². The van der Waals surface area contributed by atoms with Crippen LogP contribution < -0.4 is 5.32 Å². The summed E-state index contributed by atoms with van der Waals surface area (Å²) in [5.41, 5.74) is -0.594. The summed E-state index contributed by atoms with van der Waals surface area (Å²) in [6.45, 7) is 4.73. The average molecular weight is 472 g/mol. The molecule has 2 N–H and O–H groups in total. The Bertz CT molecular complexity index is 1090. The quantitative estimate of drug-likeness (QED) is 0.638. The van der Waals surface area contributed by atoms with Crippen LogP contribution in [0.4, 0.5) is 13.2 Å². The zero-order chi connectivity index (χ0) is 23.5. The molecule has 1 amide bonds. The maximum absolute atomic E-state index is 13.1. The van der Waals surface area contributed by atoms with Gasteiger partial charge in [-0.3, -0.25) is 14.9 Å². The number of rotatable bonds is 2. The normalized spacial score (nSPS) is 19.6. The lowest BCUT2D eigenvalue weighted by molar-refractivity contribution is -0.0892. The number of Topliss-reactive ketones (excluding diaryl/α,β-unsaturated/α-hetero) is 1. The number of aromatic nitrogens is 1. The van der Waals surface area contributed by atoms with Gasteiger partial charge in [0.2, 0.25) is 0 Å². The number of hydrogen-bond donors (Lipinski definition) is 2. The summed E-state index contributed by atoms with van der Waals surface area (Å²) in [5.74, 6) is -2.20. The van der Waals surface area contributed by atoms with Gasteiger partial charge in [-0.25, -0.2) is 0 Å². The van der Waals surface area contributed by atoms with E-state index in [0.717, 1.165) is 0 Å². The van der Waals surface area contributed by atoms with Crippen LogP contribution in [0.1, 0.15) is 54.7 Å². The molecule has 0 aliphatic carbocycles. The molecular weight excluding hydrogens is 447 g/mol. The molecule has 3 heterocycles. The first-order chi connectivity index (χ1) is 14.8. The first-order valence-corrected chi connectivity index (χ1v) is 10.6. The first-order valence-electron chi connectivity index (χ1n) is 10.2. The van der Waals surface area contributed by atoms with E-state index in [0.29, 0.717) is 37.2 Å². The van der Waals surface area contributed by atoms with Gasteiger partial charge >= 0.3 is 6.18 Å². The molecule has 2 aliphatic rings. The highest BCUT2D eigenvalue weighted by molar-refractivity contribution is 6.32. The molecule has 10 heteroatoms. The Balaban J connectivity index is 0.00000306. The molecule has 2 aromatic rings. The predicted molar refractivity (Wildman–Crippen MR) is 114 cm³/mol. The van der Waals surface area contributed by atoms with Gasteiger partial charge in [0.25, 0.3) is 11.7 Å². The van der Waals surface area contributed by atoms with Gasteiger partial charge in [0.05, 0.1) is 16.3 Å². The molecule has 0 unspecified atom stereocenters. The number of alkyl halides is 3. The number of halogens is 4. The number of nitrogens with one attached hydrogen (secondary N) is 1. The molecule has 1 saturated heterocycles. The summed E-state index contributed by atoms with van der Waals surface area (Å²) in [6.07, 6.45) is -4.01. The molecule has 0 bridgehead atoms. The number of nitrogens with zero attached hydrogens (tertiary/aromatic N) is 2. The molecule has 2 aliphatic heterocycles. The molecule has 1 fully saturated rings. The number of aromatic hydroxyl groups is 1. The van der Waals surface area contributed by atoms with Gasteiger partial charge in [0.1, 0.15) is 5.75 Å². The number of phenolic OH excluding ortho intramolecular Hbond substituents is 1. The molecule has 1 aromatic carbocycles. The van der Waals surface area contributed by atoms with Crippen molar-refractivity contribution in [2.75, 3.05) is 13.1 Å². The van der Waals surface area contributed by atoms with E-state index in [4.69, 9.17) is 11.6 Å². The van der Waals surface area contributed by atoms with Crippen molar-refractivity contribution in [3.8, 4) is 5.75 Å². The van der Waals surface area contributed by atoms with Crippen molar-refractivity contribution in [3.05, 3.63) is 52.3 Å². The van der Waals surface area contributed by atoms with Crippen LogP contribution in [0.3, 0.4) is 0 Å². The summed E-state index contributed by atoms with van der Waals surface area (Å²) in [7, 11) is 0. The maximum atomic E-state index is 13.1. The van der Waals surface area contributed by atoms with Crippen LogP contribution in [-0.2, 0) is 12.1 Å². The second-order valence-electron chi connectivity index (χ2n) is 9.07. The van der Waals surface area contributed by atoms with Crippen LogP contribution in [0.2, 0.25) is 5.02 Å². The van der Waals surface area contributed by atoms with E-state index in [1.54, 1.807) is 11.0 Å². The Hall–Kier alpha value is -2.52. The van der Waals surface area contributed by atoms with Gasteiger partial charge in [0, 0.05) is 37.9 Å². The van der Waals surface area contributed by atoms with Crippen molar-refractivity contribution in [2.24, 2.45) is 0 Å². The highest BCUT2D eigenvalue weighted by atomic mass is 35.5. The van der Waals surface area contributed by atoms with E-state index in [-0.39, 0.29) is 30.3 Å². The molecule has 0 radical (unpaired) electrons. The van der Waals surface area contributed by atoms with Gasteiger partial charge in [-0.2, -0.15) is 13.2 Å². The molecule has 6 nitrogen and oxygen atoms in total. The molecule has 1 aromatic heterocycles. The number of likely N-dealkylation sites (tertiary alicyclic amines) is 1. The van der Waals surface area contributed by atoms with E-state index in [1.165, 1.54) is 28.8 Å². The first kappa shape index (κ1) is 22.7. The van der Waals surface area contributed by atoms with Crippen molar-refractivity contribution in [3.63, 3.8) is 0 Å². The SMILES string of the molecule is CC1(C)Cn2c(C(=O)C(F)(F)F)ccc2C2(CCN(C(=O)c3ccc(O)c(Cl)c3)CC2)N1.[HH]. The van der Waals surface area contributed by atoms with Gasteiger partial charge in [-0.1, -0.05) is 11.6 Å². The molecule has 32 heavy (non-hydrogen) atoms. The van der Waals surface area contributed by atoms with Gasteiger partial charge in [-0.15, -0.1) is 0 Å². The number of carbonyl (C=O) groups excluding carboxylic acids is 2. The Kier molecular flexibility index (Phi) is 5.33. The third-order valence-corrected chi connectivity index (χ3v) is 6.49. The van der Waals surface area contributed by atoms with Crippen LogP contribution >= 0.6 is 11.6 Å². The topological polar surface area (TPSA) is 74.6 Å². The van der Waals surface area contributed by atoms with Crippen LogP contribution in [-0.4, -0.2) is 51.1 Å². The standard InChI is InChI=1S/C22H23ClF3N3O3.H2/c1-20(2)12-29-15(18(31)22(24,25)26)4-6-17(29)21(27-20)7-9-28(10-8-21)19(32)13-3-5-16(30)14(23)11-13;/h3-6,11,27,30H,7-10,12H2,1-2H3;1H. The Labute approximate surface area is 189 Å². The summed E-state index contributed by atoms with van der Waals surface area (Å²) >= 11 is 5.92. The maximum Gasteiger partial charge on any atom is 0.456 e. The number of fused-ring (bicyclic) bond motifs is 2. The van der Waals surface area contributed by atoms with Crippen molar-refractivity contribution in [2.45, 2.75) is 50.5 Å². The smallest absolute Gasteiger partial charge is 0.456 e. The van der Waals surface area contributed by atoms with Crippen molar-refractivity contribution < 1.29 is 29.3 Å². The zero-order valence-electron chi connectivity index (χ0n) is 17.6. The van der Waals surface area contributed by atoms with Crippen LogP contribution in [0.15, 0.2) is 30.3 Å². The number of phenols is 1. The second-order valence-corrected chi connectivity index (χ2v) is 9.47. The fourth-order valence-corrected chi connectivity index (χ4v) is 5.02. The largest absolute Gasteiger partial charge is 0.506 e. The van der Waals surface area contributed by atoms with Gasteiger partial charge in [-0.05, 0) is 57.0 Å². The van der Waals surface area contributed by atoms with E-state index < -0.39 is 23.0 Å². The predicted octanol–water partition coefficient (Wildman–Crippen LogP) is 4.35. The molecule has 4 rings (SSSR count). The molecular formula is C22H25ClF3N3O3. The summed E-state index contributed by atoms with van der Waals surface area (Å²) < 4.78 is 40.8. The molecule has 174 valence electrons. The minimum Gasteiger partial charge on any atom is -0.506 e. The number of amides is 1. The van der Waals surface area contributed by atoms with E-state index in [9.17, 15) is 27.9 Å². The van der Waals surface area contributed by atoms with Crippen molar-refractivity contribution in [1.82, 2.24) is 14.8 Å². The fourth-order valence-electron chi connectivity index (χ4n) is 4.84. The lowest BCUT2D eigenvalue weighted by Crippen LogP contribution is -2.63. The number of hydrogen-bond acceptors (Lipinski definition) is 4. The minimum atomic E-state index is -4.95. The fraction of sp³-hybridized carbons (Fsp3) is 0.455. The molecule has 0 saturated carbocycles. The lowest BCUT2D eigenvalue weighted by atomic mass is 9.79. The van der Waals surface area contributed by atoms with E-state index in [1.807, 2.05) is 13.8 Å². The monoisotopic (exact) mass is 471 g/mol. The minimum absolute atomic E-state index is 0. The van der Waals surface area contributed by atoms with Crippen LogP contribution in [0, 0.1) is 0 Å². The highest BCUT2D eigenvalue weighted by Crippen LogP contribution is 2.41. The number of piperidine rings is 1. The lowest BCUT2D eigenvalue weighted by Gasteiger charge is -2.51. The zero-order valence-corrected chi connectivity index (χ0v) is 18.3. The molecule has 0 atom stereocenters. The summed E-state index contributed by atoms with van der Waals surface area (Å²) in [5, 5.41) is 13.2. The molecule has 1 spiro atoms. The third kappa shape index (κ3) is 3.88. The summed E-state index contributed by atoms with van der Waals surface area (Å²) in [4.78, 5) is 26.5. The van der Waals surface area contributed by atoms with E-state index in [2.05, 4.69) is 5.32 Å². The third-order valence-electron chi connectivity index (χ3n) is 6.19. The van der Waals surface area contributed by atoms with Gasteiger partial charge < -0.3 is 14.6 Å². The van der Waals surface area contributed by atoms with Crippen molar-refractivity contribution in [1.29, 1.82) is 0 Å².